The van der Waals surface area contributed by atoms with E-state index < -0.39 is 0 Å². The summed E-state index contributed by atoms with van der Waals surface area (Å²) in [6, 6.07) is 18.5. The minimum atomic E-state index is 0.0116. The van der Waals surface area contributed by atoms with E-state index in [2.05, 4.69) is 48.6 Å². The summed E-state index contributed by atoms with van der Waals surface area (Å²) in [4.78, 5) is 0. The Morgan fingerprint density at radius 2 is 1.76 bits per heavy atom. The number of para-hydroxylation sites is 1. The molecule has 0 aliphatic heterocycles. The fraction of sp³-hybridized carbons (Fsp3) is 0.263. The van der Waals surface area contributed by atoms with Gasteiger partial charge in [-0.3, -0.25) is 0 Å². The van der Waals surface area contributed by atoms with Gasteiger partial charge >= 0.3 is 0 Å². The monoisotopic (exact) mass is 281 g/mol. The van der Waals surface area contributed by atoms with Gasteiger partial charge in [-0.15, -0.1) is 0 Å². The molecule has 1 N–H and O–H groups in total. The number of ether oxygens (including phenoxy) is 1. The lowest BCUT2D eigenvalue weighted by Gasteiger charge is -2.21. The van der Waals surface area contributed by atoms with Gasteiger partial charge in [-0.25, -0.2) is 0 Å². The molecule has 0 fully saturated rings. The maximum absolute atomic E-state index is 6.27. The fourth-order valence-corrected chi connectivity index (χ4v) is 2.23. The van der Waals surface area contributed by atoms with Crippen LogP contribution in [0.1, 0.15) is 31.1 Å². The van der Waals surface area contributed by atoms with E-state index in [1.165, 1.54) is 5.56 Å². The molecule has 0 aliphatic carbocycles. The van der Waals surface area contributed by atoms with Crippen molar-refractivity contribution in [1.29, 1.82) is 0 Å². The minimum Gasteiger partial charge on any atom is -0.484 e. The third-order valence-electron chi connectivity index (χ3n) is 3.29. The SMILES string of the molecule is CC=Cc1ccccc1OC(CNCC)c1ccccc1. The van der Waals surface area contributed by atoms with Gasteiger partial charge in [0.05, 0.1) is 0 Å². The van der Waals surface area contributed by atoms with Crippen molar-refractivity contribution in [1.82, 2.24) is 5.32 Å². The van der Waals surface area contributed by atoms with Crippen molar-refractivity contribution in [3.63, 3.8) is 0 Å². The predicted octanol–water partition coefficient (Wildman–Crippen LogP) is 4.45. The number of likely N-dealkylation sites (N-methyl/N-ethyl adjacent to an activating group) is 1. The molecule has 21 heavy (non-hydrogen) atoms. The first-order valence-corrected chi connectivity index (χ1v) is 7.49. The van der Waals surface area contributed by atoms with Crippen molar-refractivity contribution in [3.8, 4) is 5.75 Å². The maximum atomic E-state index is 6.27. The third-order valence-corrected chi connectivity index (χ3v) is 3.29. The highest BCUT2D eigenvalue weighted by atomic mass is 16.5. The van der Waals surface area contributed by atoms with Crippen LogP contribution in [0, 0.1) is 0 Å². The lowest BCUT2D eigenvalue weighted by atomic mass is 10.1. The molecular weight excluding hydrogens is 258 g/mol. The molecule has 2 heteroatoms. The van der Waals surface area contributed by atoms with Crippen molar-refractivity contribution < 1.29 is 4.74 Å². The summed E-state index contributed by atoms with van der Waals surface area (Å²) >= 11 is 0. The Kier molecular flexibility index (Phi) is 6.04. The van der Waals surface area contributed by atoms with Gasteiger partial charge in [0, 0.05) is 12.1 Å². The van der Waals surface area contributed by atoms with Crippen LogP contribution >= 0.6 is 0 Å². The van der Waals surface area contributed by atoms with Crippen LogP contribution in [0.5, 0.6) is 5.75 Å². The van der Waals surface area contributed by atoms with Crippen molar-refractivity contribution in [2.75, 3.05) is 13.1 Å². The highest BCUT2D eigenvalue weighted by Crippen LogP contribution is 2.26. The Balaban J connectivity index is 2.23. The van der Waals surface area contributed by atoms with Gasteiger partial charge in [0.1, 0.15) is 11.9 Å². The van der Waals surface area contributed by atoms with Crippen LogP contribution in [-0.4, -0.2) is 13.1 Å². The van der Waals surface area contributed by atoms with E-state index in [0.717, 1.165) is 24.4 Å². The normalized spacial score (nSPS) is 12.5. The van der Waals surface area contributed by atoms with Crippen LogP contribution in [0.25, 0.3) is 6.08 Å². The Bertz CT molecular complexity index is 563. The van der Waals surface area contributed by atoms with Gasteiger partial charge in [-0.05, 0) is 25.1 Å². The second kappa shape index (κ2) is 8.28. The van der Waals surface area contributed by atoms with E-state index >= 15 is 0 Å². The molecule has 0 heterocycles. The standard InChI is InChI=1S/C19H23NO/c1-3-10-16-13-8-9-14-18(16)21-19(15-20-4-2)17-11-6-5-7-12-17/h3,5-14,19-20H,4,15H2,1-2H3. The molecule has 2 aromatic carbocycles. The van der Waals surface area contributed by atoms with Crippen LogP contribution in [0.4, 0.5) is 0 Å². The Hall–Kier alpha value is -2.06. The summed E-state index contributed by atoms with van der Waals surface area (Å²) in [5, 5.41) is 3.38. The number of rotatable bonds is 7. The molecule has 1 unspecified atom stereocenters. The van der Waals surface area contributed by atoms with E-state index in [1.807, 2.05) is 37.3 Å². The van der Waals surface area contributed by atoms with Crippen molar-refractivity contribution in [3.05, 3.63) is 71.8 Å². The fourth-order valence-electron chi connectivity index (χ4n) is 2.23. The molecule has 110 valence electrons. The molecule has 2 rings (SSSR count). The molecule has 2 nitrogen and oxygen atoms in total. The lowest BCUT2D eigenvalue weighted by molar-refractivity contribution is 0.202. The van der Waals surface area contributed by atoms with Crippen LogP contribution in [0.3, 0.4) is 0 Å². The molecule has 2 aromatic rings. The highest BCUT2D eigenvalue weighted by Gasteiger charge is 2.13. The zero-order valence-corrected chi connectivity index (χ0v) is 12.8. The number of nitrogens with one attached hydrogen (secondary N) is 1. The maximum Gasteiger partial charge on any atom is 0.136 e. The van der Waals surface area contributed by atoms with Gasteiger partial charge in [-0.1, -0.05) is 67.6 Å². The second-order valence-electron chi connectivity index (χ2n) is 4.86. The first-order valence-electron chi connectivity index (χ1n) is 7.49. The Morgan fingerprint density at radius 1 is 1.05 bits per heavy atom. The molecule has 0 bridgehead atoms. The zero-order valence-electron chi connectivity index (χ0n) is 12.8. The van der Waals surface area contributed by atoms with Gasteiger partial charge in [-0.2, -0.15) is 0 Å². The molecule has 0 aliphatic rings. The van der Waals surface area contributed by atoms with E-state index in [9.17, 15) is 0 Å². The van der Waals surface area contributed by atoms with Gasteiger partial charge in [0.25, 0.3) is 0 Å². The third kappa shape index (κ3) is 4.47. The summed E-state index contributed by atoms with van der Waals surface area (Å²) in [6.45, 7) is 5.85. The Morgan fingerprint density at radius 3 is 2.48 bits per heavy atom. The molecule has 0 saturated carbocycles. The number of hydrogen-bond donors (Lipinski definition) is 1. The van der Waals surface area contributed by atoms with Crippen LogP contribution in [0.15, 0.2) is 60.7 Å². The minimum absolute atomic E-state index is 0.0116. The van der Waals surface area contributed by atoms with Gasteiger partial charge < -0.3 is 10.1 Å². The molecule has 0 amide bonds. The van der Waals surface area contributed by atoms with Crippen LogP contribution in [0.2, 0.25) is 0 Å². The Labute approximate surface area is 127 Å². The first-order chi connectivity index (χ1) is 10.3. The van der Waals surface area contributed by atoms with Crippen LogP contribution < -0.4 is 10.1 Å². The van der Waals surface area contributed by atoms with Gasteiger partial charge in [0.2, 0.25) is 0 Å². The quantitative estimate of drug-likeness (QED) is 0.809. The number of hydrogen-bond acceptors (Lipinski definition) is 2. The number of benzene rings is 2. The van der Waals surface area contributed by atoms with E-state index in [-0.39, 0.29) is 6.10 Å². The molecular formula is C19H23NO. The van der Waals surface area contributed by atoms with E-state index in [1.54, 1.807) is 0 Å². The average molecular weight is 281 g/mol. The molecule has 0 saturated heterocycles. The summed E-state index contributed by atoms with van der Waals surface area (Å²) in [5.74, 6) is 0.919. The van der Waals surface area contributed by atoms with E-state index in [0.29, 0.717) is 0 Å². The summed E-state index contributed by atoms with van der Waals surface area (Å²) in [7, 11) is 0. The van der Waals surface area contributed by atoms with Crippen LogP contribution in [-0.2, 0) is 0 Å². The largest absolute Gasteiger partial charge is 0.484 e. The van der Waals surface area contributed by atoms with E-state index in [4.69, 9.17) is 4.74 Å². The predicted molar refractivity (Wildman–Crippen MR) is 89.5 cm³/mol. The number of allylic oxidation sites excluding steroid dienone is 1. The summed E-state index contributed by atoms with van der Waals surface area (Å²) < 4.78 is 6.27. The first kappa shape index (κ1) is 15.3. The molecule has 0 spiro atoms. The zero-order chi connectivity index (χ0) is 14.9. The topological polar surface area (TPSA) is 21.3 Å². The average Bonchev–Trinajstić information content (AvgIpc) is 2.54. The summed E-state index contributed by atoms with van der Waals surface area (Å²) in [5.41, 5.74) is 2.30. The summed E-state index contributed by atoms with van der Waals surface area (Å²) in [6.07, 6.45) is 4.12. The molecule has 0 aromatic heterocycles. The highest BCUT2D eigenvalue weighted by molar-refractivity contribution is 5.56. The smallest absolute Gasteiger partial charge is 0.136 e. The second-order valence-corrected chi connectivity index (χ2v) is 4.86. The van der Waals surface area contributed by atoms with Crippen molar-refractivity contribution in [2.24, 2.45) is 0 Å². The molecule has 0 radical (unpaired) electrons. The molecule has 1 atom stereocenters. The van der Waals surface area contributed by atoms with Gasteiger partial charge in [0.15, 0.2) is 0 Å². The lowest BCUT2D eigenvalue weighted by Crippen LogP contribution is -2.25. The van der Waals surface area contributed by atoms with Crippen molar-refractivity contribution >= 4 is 6.08 Å². The van der Waals surface area contributed by atoms with Crippen molar-refractivity contribution in [2.45, 2.75) is 20.0 Å².